The maximum atomic E-state index is 11.1. The van der Waals surface area contributed by atoms with Crippen LogP contribution >= 0.6 is 0 Å². The van der Waals surface area contributed by atoms with Gasteiger partial charge in [0.25, 0.3) is 8.32 Å². The zero-order valence-corrected chi connectivity index (χ0v) is 32.4. The molecule has 0 spiro atoms. The van der Waals surface area contributed by atoms with E-state index in [9.17, 15) is 10.2 Å². The monoisotopic (exact) mass is 690 g/mol. The Morgan fingerprint density at radius 2 is 1.44 bits per heavy atom. The lowest BCUT2D eigenvalue weighted by Gasteiger charge is -2.59. The first-order valence-corrected chi connectivity index (χ1v) is 21.8. The lowest BCUT2D eigenvalue weighted by molar-refractivity contribution is -0.0864. The van der Waals surface area contributed by atoms with Crippen molar-refractivity contribution in [1.82, 2.24) is 0 Å². The highest BCUT2D eigenvalue weighted by molar-refractivity contribution is 6.99. The maximum Gasteiger partial charge on any atom is 0.261 e. The van der Waals surface area contributed by atoms with E-state index in [2.05, 4.69) is 126 Å². The second-order valence-electron chi connectivity index (χ2n) is 17.9. The molecule has 2 N–H and O–H groups in total. The van der Waals surface area contributed by atoms with E-state index in [-0.39, 0.29) is 28.1 Å². The molecule has 0 heterocycles. The van der Waals surface area contributed by atoms with Crippen LogP contribution in [-0.2, 0) is 17.5 Å². The quantitative estimate of drug-likeness (QED) is 0.165. The fraction of sp³-hybridized carbons (Fsp3) is 0.565. The molecule has 2 unspecified atom stereocenters. The van der Waals surface area contributed by atoms with Gasteiger partial charge < -0.3 is 14.6 Å². The molecule has 3 nitrogen and oxygen atoms in total. The minimum absolute atomic E-state index is 0.0382. The molecule has 4 heteroatoms. The van der Waals surface area contributed by atoms with Gasteiger partial charge in [0.2, 0.25) is 0 Å². The third kappa shape index (κ3) is 6.31. The van der Waals surface area contributed by atoms with Crippen LogP contribution in [0, 0.1) is 34.5 Å². The predicted octanol–water partition coefficient (Wildman–Crippen LogP) is 9.39. The fourth-order valence-electron chi connectivity index (χ4n) is 12.2. The van der Waals surface area contributed by atoms with Crippen LogP contribution in [0.3, 0.4) is 0 Å². The molecule has 0 radical (unpaired) electrons. The topological polar surface area (TPSA) is 49.7 Å². The molecule has 268 valence electrons. The van der Waals surface area contributed by atoms with Gasteiger partial charge in [-0.1, -0.05) is 124 Å². The Bertz CT molecular complexity index is 1570. The van der Waals surface area contributed by atoms with E-state index >= 15 is 0 Å². The van der Waals surface area contributed by atoms with E-state index in [1.165, 1.54) is 66.4 Å². The summed E-state index contributed by atoms with van der Waals surface area (Å²) in [5.41, 5.74) is 4.73. The van der Waals surface area contributed by atoms with Gasteiger partial charge in [0.1, 0.15) is 0 Å². The Morgan fingerprint density at radius 3 is 2.06 bits per heavy atom. The van der Waals surface area contributed by atoms with E-state index in [4.69, 9.17) is 4.43 Å². The first-order valence-electron chi connectivity index (χ1n) is 19.9. The van der Waals surface area contributed by atoms with E-state index in [0.717, 1.165) is 43.4 Å². The Morgan fingerprint density at radius 1 is 0.800 bits per heavy atom. The average molecular weight is 691 g/mol. The highest BCUT2D eigenvalue weighted by Crippen LogP contribution is 2.68. The summed E-state index contributed by atoms with van der Waals surface area (Å²) in [5, 5.41) is 24.1. The van der Waals surface area contributed by atoms with Crippen LogP contribution in [0.15, 0.2) is 96.6 Å². The summed E-state index contributed by atoms with van der Waals surface area (Å²) in [6.07, 6.45) is 14.8. The molecule has 50 heavy (non-hydrogen) atoms. The molecule has 0 aromatic heterocycles. The van der Waals surface area contributed by atoms with Crippen molar-refractivity contribution < 1.29 is 14.6 Å². The molecule has 0 amide bonds. The van der Waals surface area contributed by atoms with Crippen molar-refractivity contribution in [2.75, 3.05) is 0 Å². The van der Waals surface area contributed by atoms with E-state index in [1.807, 2.05) is 0 Å². The number of allylic oxidation sites excluding steroid dienone is 1. The fourth-order valence-corrected chi connectivity index (χ4v) is 16.7. The normalized spacial score (nSPS) is 31.7. The van der Waals surface area contributed by atoms with Crippen molar-refractivity contribution in [3.63, 3.8) is 0 Å². The van der Waals surface area contributed by atoms with E-state index in [0.29, 0.717) is 12.5 Å². The van der Waals surface area contributed by atoms with Crippen molar-refractivity contribution in [1.29, 1.82) is 0 Å². The summed E-state index contributed by atoms with van der Waals surface area (Å²) in [6, 6.07) is 31.1. The summed E-state index contributed by atoms with van der Waals surface area (Å²) in [7, 11) is -2.58. The highest BCUT2D eigenvalue weighted by Gasteiger charge is 2.61. The van der Waals surface area contributed by atoms with E-state index < -0.39 is 8.32 Å². The van der Waals surface area contributed by atoms with Crippen LogP contribution in [0.5, 0.6) is 0 Å². The van der Waals surface area contributed by atoms with E-state index in [1.54, 1.807) is 5.57 Å². The average Bonchev–Trinajstić information content (AvgIpc) is 3.50. The van der Waals surface area contributed by atoms with Gasteiger partial charge in [-0.3, -0.25) is 0 Å². The highest BCUT2D eigenvalue weighted by atomic mass is 28.4. The Balaban J connectivity index is 1.04. The first-order chi connectivity index (χ1) is 24.0. The third-order valence-electron chi connectivity index (χ3n) is 14.5. The first kappa shape index (κ1) is 35.9. The predicted molar refractivity (Wildman–Crippen MR) is 209 cm³/mol. The number of aryl methyl sites for hydroxylation is 1. The molecule has 3 aromatic carbocycles. The molecule has 0 aliphatic heterocycles. The number of hydrogen-bond acceptors (Lipinski definition) is 3. The van der Waals surface area contributed by atoms with Crippen molar-refractivity contribution in [3.05, 3.63) is 108 Å². The van der Waals surface area contributed by atoms with Crippen LogP contribution in [0.4, 0.5) is 0 Å². The smallest absolute Gasteiger partial charge is 0.261 e. The molecular formula is C46H62O3Si. The van der Waals surface area contributed by atoms with Crippen LogP contribution in [0.25, 0.3) is 0 Å². The van der Waals surface area contributed by atoms with Crippen LogP contribution < -0.4 is 10.4 Å². The van der Waals surface area contributed by atoms with Crippen molar-refractivity contribution in [2.24, 2.45) is 34.5 Å². The number of fused-ring (bicyclic) bond motifs is 5. The third-order valence-corrected chi connectivity index (χ3v) is 19.4. The van der Waals surface area contributed by atoms with Crippen molar-refractivity contribution in [3.8, 4) is 0 Å². The SMILES string of the molecule is CC(O)[C@H]1CC[C@H]2[C@@H]3CCC4=CC(O)CC[C@@]4(C)[C@@H]3CC[C@]12CCCc1ccc(CO[Si](c2ccccc2)(c2ccccc2)C(C)(C)C)cc1. The molecule has 4 aliphatic rings. The molecule has 7 rings (SSSR count). The van der Waals surface area contributed by atoms with Gasteiger partial charge >= 0.3 is 0 Å². The number of aliphatic hydroxyl groups excluding tert-OH is 2. The van der Waals surface area contributed by atoms with Gasteiger partial charge in [-0.05, 0) is 139 Å². The second-order valence-corrected chi connectivity index (χ2v) is 22.3. The van der Waals surface area contributed by atoms with Gasteiger partial charge in [-0.2, -0.15) is 0 Å². The standard InChI is InChI=1S/C46H62O3Si/c1-33(47)41-24-25-43-40-23-22-36-31-37(48)26-29-45(36,5)42(40)27-30-46(41,43)28-12-13-34-18-20-35(21-19-34)32-49-50(44(2,3)4,38-14-8-6-9-15-38)39-16-10-7-11-17-39/h6-11,14-21,31,33,37,40-43,47-48H,12-13,22-30,32H2,1-5H3/t33?,37?,40-,41-,42-,43+,45-,46-/m1/s1. The Hall–Kier alpha value is -2.50. The summed E-state index contributed by atoms with van der Waals surface area (Å²) in [6.45, 7) is 12.2. The minimum atomic E-state index is -2.58. The van der Waals surface area contributed by atoms with Gasteiger partial charge in [0, 0.05) is 0 Å². The minimum Gasteiger partial charge on any atom is -0.403 e. The molecule has 0 saturated heterocycles. The van der Waals surface area contributed by atoms with Gasteiger partial charge in [0.05, 0.1) is 18.8 Å². The molecule has 3 aromatic rings. The van der Waals surface area contributed by atoms with Gasteiger partial charge in [-0.25, -0.2) is 0 Å². The summed E-state index contributed by atoms with van der Waals surface area (Å²) in [4.78, 5) is 0. The summed E-state index contributed by atoms with van der Waals surface area (Å²) < 4.78 is 7.22. The zero-order valence-electron chi connectivity index (χ0n) is 31.4. The number of hydrogen-bond donors (Lipinski definition) is 2. The van der Waals surface area contributed by atoms with Crippen molar-refractivity contribution in [2.45, 2.75) is 129 Å². The molecule has 0 bridgehead atoms. The number of aliphatic hydroxyl groups is 2. The molecular weight excluding hydrogens is 629 g/mol. The van der Waals surface area contributed by atoms with Crippen LogP contribution in [0.2, 0.25) is 5.04 Å². The Kier molecular flexibility index (Phi) is 10.1. The second kappa shape index (κ2) is 14.1. The summed E-state index contributed by atoms with van der Waals surface area (Å²) in [5.74, 6) is 2.65. The molecule has 8 atom stereocenters. The maximum absolute atomic E-state index is 11.1. The zero-order chi connectivity index (χ0) is 35.1. The van der Waals surface area contributed by atoms with Crippen molar-refractivity contribution >= 4 is 18.7 Å². The van der Waals surface area contributed by atoms with Crippen LogP contribution in [-0.4, -0.2) is 30.7 Å². The van der Waals surface area contributed by atoms with Gasteiger partial charge in [-0.15, -0.1) is 0 Å². The molecule has 3 fully saturated rings. The number of rotatable bonds is 10. The lowest BCUT2D eigenvalue weighted by atomic mass is 9.45. The largest absolute Gasteiger partial charge is 0.403 e. The van der Waals surface area contributed by atoms with Gasteiger partial charge in [0.15, 0.2) is 0 Å². The lowest BCUT2D eigenvalue weighted by Crippen LogP contribution is -2.66. The molecule has 4 aliphatic carbocycles. The number of benzene rings is 3. The van der Waals surface area contributed by atoms with Crippen LogP contribution in [0.1, 0.15) is 110 Å². The Labute approximate surface area is 303 Å². The summed E-state index contributed by atoms with van der Waals surface area (Å²) >= 11 is 0. The molecule has 3 saturated carbocycles.